The predicted molar refractivity (Wildman–Crippen MR) is 70.5 cm³/mol. The van der Waals surface area contributed by atoms with Crippen molar-refractivity contribution < 1.29 is 9.53 Å². The highest BCUT2D eigenvalue weighted by molar-refractivity contribution is 5.80. The Bertz CT molecular complexity index is 560. The van der Waals surface area contributed by atoms with Gasteiger partial charge in [-0.05, 0) is 38.0 Å². The molecule has 1 unspecified atom stereocenters. The van der Waals surface area contributed by atoms with E-state index in [0.29, 0.717) is 12.4 Å². The van der Waals surface area contributed by atoms with Gasteiger partial charge in [0.2, 0.25) is 0 Å². The van der Waals surface area contributed by atoms with E-state index >= 15 is 0 Å². The van der Waals surface area contributed by atoms with E-state index in [-0.39, 0.29) is 11.9 Å². The van der Waals surface area contributed by atoms with Crippen molar-refractivity contribution >= 4 is 17.0 Å². The number of H-pyrrole nitrogens is 1. The molecule has 2 aromatic rings. The molecule has 0 bridgehead atoms. The van der Waals surface area contributed by atoms with E-state index in [1.54, 1.807) is 13.8 Å². The minimum Gasteiger partial charge on any atom is -0.465 e. The number of rotatable bonds is 4. The van der Waals surface area contributed by atoms with Gasteiger partial charge >= 0.3 is 5.97 Å². The molecule has 2 rings (SSSR count). The molecule has 1 aromatic heterocycles. The molecular formula is C14H18N2O2. The van der Waals surface area contributed by atoms with Crippen LogP contribution in [0.1, 0.15) is 38.1 Å². The Balaban J connectivity index is 2.32. The number of aryl methyl sites for hydroxylation is 1. The SMILES string of the molecule is CCOC(=O)C(C)c1nc2ccc(CC)cc2[nH]1. The summed E-state index contributed by atoms with van der Waals surface area (Å²) in [5.74, 6) is 0.0615. The number of fused-ring (bicyclic) bond motifs is 1. The second-order valence-electron chi connectivity index (χ2n) is 4.30. The van der Waals surface area contributed by atoms with Crippen molar-refractivity contribution in [1.82, 2.24) is 9.97 Å². The number of hydrogen-bond donors (Lipinski definition) is 1. The summed E-state index contributed by atoms with van der Waals surface area (Å²) in [5.41, 5.74) is 3.11. The van der Waals surface area contributed by atoms with E-state index in [0.717, 1.165) is 17.5 Å². The van der Waals surface area contributed by atoms with Crippen LogP contribution >= 0.6 is 0 Å². The zero-order valence-electron chi connectivity index (χ0n) is 11.0. The number of aromatic nitrogens is 2. The molecule has 0 aliphatic heterocycles. The second kappa shape index (κ2) is 5.21. The molecule has 0 saturated heterocycles. The molecule has 1 atom stereocenters. The smallest absolute Gasteiger partial charge is 0.316 e. The molecule has 0 aliphatic rings. The Hall–Kier alpha value is -1.84. The molecule has 96 valence electrons. The van der Waals surface area contributed by atoms with Crippen LogP contribution in [0.25, 0.3) is 11.0 Å². The van der Waals surface area contributed by atoms with Gasteiger partial charge in [-0.15, -0.1) is 0 Å². The number of nitrogens with one attached hydrogen (secondary N) is 1. The number of aromatic amines is 1. The van der Waals surface area contributed by atoms with E-state index in [9.17, 15) is 4.79 Å². The number of benzene rings is 1. The molecule has 0 amide bonds. The molecule has 0 spiro atoms. The summed E-state index contributed by atoms with van der Waals surface area (Å²) in [6.45, 7) is 6.11. The van der Waals surface area contributed by atoms with Gasteiger partial charge in [0.05, 0.1) is 17.6 Å². The van der Waals surface area contributed by atoms with E-state index in [1.165, 1.54) is 5.56 Å². The number of imidazole rings is 1. The largest absolute Gasteiger partial charge is 0.465 e. The minimum absolute atomic E-state index is 0.243. The maximum absolute atomic E-state index is 11.7. The molecular weight excluding hydrogens is 228 g/mol. The standard InChI is InChI=1S/C14H18N2O2/c1-4-10-6-7-11-12(8-10)16-13(15-11)9(3)14(17)18-5-2/h6-9H,4-5H2,1-3H3,(H,15,16). The Labute approximate surface area is 106 Å². The quantitative estimate of drug-likeness (QED) is 0.844. The lowest BCUT2D eigenvalue weighted by atomic mass is 10.1. The summed E-state index contributed by atoms with van der Waals surface area (Å²) in [6.07, 6.45) is 0.984. The van der Waals surface area contributed by atoms with E-state index in [1.807, 2.05) is 6.07 Å². The third-order valence-electron chi connectivity index (χ3n) is 3.02. The average Bonchev–Trinajstić information content (AvgIpc) is 2.80. The van der Waals surface area contributed by atoms with Crippen molar-refractivity contribution in [1.29, 1.82) is 0 Å². The number of hydrogen-bond acceptors (Lipinski definition) is 3. The van der Waals surface area contributed by atoms with Gasteiger partial charge in [-0.25, -0.2) is 4.98 Å². The number of carbonyl (C=O) groups is 1. The molecule has 0 aliphatic carbocycles. The van der Waals surface area contributed by atoms with Crippen LogP contribution in [-0.2, 0) is 16.0 Å². The van der Waals surface area contributed by atoms with Gasteiger partial charge in [-0.3, -0.25) is 4.79 Å². The lowest BCUT2D eigenvalue weighted by Gasteiger charge is -2.06. The molecule has 18 heavy (non-hydrogen) atoms. The summed E-state index contributed by atoms with van der Waals surface area (Å²) in [4.78, 5) is 19.3. The highest BCUT2D eigenvalue weighted by atomic mass is 16.5. The van der Waals surface area contributed by atoms with E-state index in [2.05, 4.69) is 29.0 Å². The Morgan fingerprint density at radius 3 is 2.89 bits per heavy atom. The first-order chi connectivity index (χ1) is 8.65. The molecule has 4 heteroatoms. The first-order valence-electron chi connectivity index (χ1n) is 6.30. The first kappa shape index (κ1) is 12.6. The topological polar surface area (TPSA) is 55.0 Å². The van der Waals surface area contributed by atoms with Gasteiger partial charge < -0.3 is 9.72 Å². The zero-order chi connectivity index (χ0) is 13.1. The van der Waals surface area contributed by atoms with Gasteiger partial charge in [0.15, 0.2) is 0 Å². The second-order valence-corrected chi connectivity index (χ2v) is 4.30. The number of ether oxygens (including phenoxy) is 1. The van der Waals surface area contributed by atoms with Crippen molar-refractivity contribution in [3.05, 3.63) is 29.6 Å². The highest BCUT2D eigenvalue weighted by Gasteiger charge is 2.19. The summed E-state index contributed by atoms with van der Waals surface area (Å²) in [5, 5.41) is 0. The van der Waals surface area contributed by atoms with E-state index in [4.69, 9.17) is 4.74 Å². The third kappa shape index (κ3) is 2.37. The Kier molecular flexibility index (Phi) is 3.65. The lowest BCUT2D eigenvalue weighted by molar-refractivity contribution is -0.144. The normalized spacial score (nSPS) is 12.6. The molecule has 1 heterocycles. The fourth-order valence-corrected chi connectivity index (χ4v) is 1.88. The van der Waals surface area contributed by atoms with Crippen LogP contribution in [0.4, 0.5) is 0 Å². The van der Waals surface area contributed by atoms with Gasteiger partial charge in [-0.1, -0.05) is 13.0 Å². The summed E-state index contributed by atoms with van der Waals surface area (Å²) >= 11 is 0. The van der Waals surface area contributed by atoms with Crippen molar-refractivity contribution in [2.45, 2.75) is 33.1 Å². The van der Waals surface area contributed by atoms with Gasteiger partial charge in [0, 0.05) is 0 Å². The monoisotopic (exact) mass is 246 g/mol. The van der Waals surface area contributed by atoms with Crippen molar-refractivity contribution in [2.24, 2.45) is 0 Å². The van der Waals surface area contributed by atoms with Crippen molar-refractivity contribution in [2.75, 3.05) is 6.61 Å². The molecule has 0 radical (unpaired) electrons. The average molecular weight is 246 g/mol. The molecule has 0 fully saturated rings. The van der Waals surface area contributed by atoms with Crippen LogP contribution < -0.4 is 0 Å². The fourth-order valence-electron chi connectivity index (χ4n) is 1.88. The van der Waals surface area contributed by atoms with Gasteiger partial charge in [0.1, 0.15) is 11.7 Å². The van der Waals surface area contributed by atoms with Crippen LogP contribution in [0.15, 0.2) is 18.2 Å². The molecule has 0 saturated carbocycles. The number of nitrogens with zero attached hydrogens (tertiary/aromatic N) is 1. The zero-order valence-corrected chi connectivity index (χ0v) is 11.0. The number of esters is 1. The van der Waals surface area contributed by atoms with Crippen LogP contribution in [0.5, 0.6) is 0 Å². The summed E-state index contributed by atoms with van der Waals surface area (Å²) in [7, 11) is 0. The van der Waals surface area contributed by atoms with Gasteiger partial charge in [0.25, 0.3) is 0 Å². The number of carbonyl (C=O) groups excluding carboxylic acids is 1. The van der Waals surface area contributed by atoms with Crippen LogP contribution in [0, 0.1) is 0 Å². The lowest BCUT2D eigenvalue weighted by Crippen LogP contribution is -2.14. The predicted octanol–water partition coefficient (Wildman–Crippen LogP) is 2.79. The maximum atomic E-state index is 11.7. The van der Waals surface area contributed by atoms with Gasteiger partial charge in [-0.2, -0.15) is 0 Å². The third-order valence-corrected chi connectivity index (χ3v) is 3.02. The fraction of sp³-hybridized carbons (Fsp3) is 0.429. The van der Waals surface area contributed by atoms with Crippen molar-refractivity contribution in [3.8, 4) is 0 Å². The van der Waals surface area contributed by atoms with Crippen molar-refractivity contribution in [3.63, 3.8) is 0 Å². The summed E-state index contributed by atoms with van der Waals surface area (Å²) < 4.78 is 5.00. The Morgan fingerprint density at radius 1 is 1.44 bits per heavy atom. The maximum Gasteiger partial charge on any atom is 0.316 e. The van der Waals surface area contributed by atoms with Crippen LogP contribution in [0.2, 0.25) is 0 Å². The van der Waals surface area contributed by atoms with E-state index < -0.39 is 0 Å². The molecule has 4 nitrogen and oxygen atoms in total. The summed E-state index contributed by atoms with van der Waals surface area (Å²) in [6, 6.07) is 6.11. The molecule has 1 aromatic carbocycles. The first-order valence-corrected chi connectivity index (χ1v) is 6.30. The van der Waals surface area contributed by atoms with Crippen LogP contribution in [0.3, 0.4) is 0 Å². The minimum atomic E-state index is -0.359. The van der Waals surface area contributed by atoms with Crippen LogP contribution in [-0.4, -0.2) is 22.5 Å². The highest BCUT2D eigenvalue weighted by Crippen LogP contribution is 2.20. The molecule has 1 N–H and O–H groups in total. The Morgan fingerprint density at radius 2 is 2.22 bits per heavy atom.